The molecular formula is C20H31N3O3. The highest BCUT2D eigenvalue weighted by molar-refractivity contribution is 5.96. The van der Waals surface area contributed by atoms with Gasteiger partial charge >= 0.3 is 0 Å². The number of carbonyl (C=O) groups excluding carboxylic acids is 2. The van der Waals surface area contributed by atoms with Gasteiger partial charge < -0.3 is 20.7 Å². The molecule has 0 aliphatic carbocycles. The van der Waals surface area contributed by atoms with Gasteiger partial charge in [0, 0.05) is 32.1 Å². The lowest BCUT2D eigenvalue weighted by atomic mass is 9.92. The van der Waals surface area contributed by atoms with E-state index >= 15 is 0 Å². The van der Waals surface area contributed by atoms with E-state index in [0.29, 0.717) is 43.2 Å². The van der Waals surface area contributed by atoms with Gasteiger partial charge in [-0.05, 0) is 51.2 Å². The van der Waals surface area contributed by atoms with Crippen molar-refractivity contribution in [1.29, 1.82) is 0 Å². The van der Waals surface area contributed by atoms with Crippen LogP contribution in [0.5, 0.6) is 5.75 Å². The zero-order valence-corrected chi connectivity index (χ0v) is 15.9. The predicted octanol–water partition coefficient (Wildman–Crippen LogP) is 2.18. The number of nitrogens with one attached hydrogen (secondary N) is 1. The summed E-state index contributed by atoms with van der Waals surface area (Å²) in [5.41, 5.74) is 6.50. The van der Waals surface area contributed by atoms with Crippen LogP contribution >= 0.6 is 0 Å². The fraction of sp³-hybridized carbons (Fsp3) is 0.600. The molecule has 0 saturated carbocycles. The Kier molecular flexibility index (Phi) is 7.91. The molecule has 2 rings (SSSR count). The third-order valence-corrected chi connectivity index (χ3v) is 4.84. The number of carbonyl (C=O) groups is 2. The molecule has 6 nitrogen and oxygen atoms in total. The molecule has 2 amide bonds. The Morgan fingerprint density at radius 3 is 2.88 bits per heavy atom. The molecule has 26 heavy (non-hydrogen) atoms. The van der Waals surface area contributed by atoms with Crippen LogP contribution in [0.1, 0.15) is 49.9 Å². The second kappa shape index (κ2) is 10.2. The fourth-order valence-corrected chi connectivity index (χ4v) is 3.30. The first-order valence-corrected chi connectivity index (χ1v) is 9.56. The van der Waals surface area contributed by atoms with Gasteiger partial charge in [-0.3, -0.25) is 9.59 Å². The summed E-state index contributed by atoms with van der Waals surface area (Å²) in [4.78, 5) is 26.6. The molecule has 0 aromatic heterocycles. The van der Waals surface area contributed by atoms with Crippen LogP contribution in [-0.2, 0) is 4.79 Å². The molecule has 1 aromatic carbocycles. The highest BCUT2D eigenvalue weighted by atomic mass is 16.5. The summed E-state index contributed by atoms with van der Waals surface area (Å²) in [6.45, 7) is 6.44. The zero-order chi connectivity index (χ0) is 18.9. The van der Waals surface area contributed by atoms with E-state index in [9.17, 15) is 9.59 Å². The van der Waals surface area contributed by atoms with Crippen molar-refractivity contribution in [1.82, 2.24) is 10.2 Å². The van der Waals surface area contributed by atoms with Gasteiger partial charge in [-0.15, -0.1) is 0 Å². The van der Waals surface area contributed by atoms with E-state index in [1.807, 2.05) is 30.9 Å². The third kappa shape index (κ3) is 5.73. The maximum Gasteiger partial charge on any atom is 0.255 e. The summed E-state index contributed by atoms with van der Waals surface area (Å²) in [5, 5.41) is 2.87. The molecule has 1 aliphatic heterocycles. The summed E-state index contributed by atoms with van der Waals surface area (Å²) in [6, 6.07) is 7.30. The van der Waals surface area contributed by atoms with Crippen LogP contribution in [0.2, 0.25) is 0 Å². The van der Waals surface area contributed by atoms with Crippen LogP contribution in [0.4, 0.5) is 0 Å². The number of piperidine rings is 1. The maximum absolute atomic E-state index is 12.4. The number of likely N-dealkylation sites (tertiary alicyclic amines) is 1. The number of hydrogen-bond donors (Lipinski definition) is 2. The van der Waals surface area contributed by atoms with E-state index in [-0.39, 0.29) is 17.9 Å². The molecule has 1 fully saturated rings. The van der Waals surface area contributed by atoms with Crippen LogP contribution in [0.25, 0.3) is 0 Å². The number of rotatable bonds is 8. The number of amides is 2. The third-order valence-electron chi connectivity index (χ3n) is 4.84. The van der Waals surface area contributed by atoms with Crippen molar-refractivity contribution in [2.45, 2.75) is 45.6 Å². The van der Waals surface area contributed by atoms with E-state index in [2.05, 4.69) is 5.32 Å². The molecule has 2 atom stereocenters. The summed E-state index contributed by atoms with van der Waals surface area (Å²) in [7, 11) is 0. The second-order valence-electron chi connectivity index (χ2n) is 6.89. The zero-order valence-electron chi connectivity index (χ0n) is 15.9. The fourth-order valence-electron chi connectivity index (χ4n) is 3.30. The lowest BCUT2D eigenvalue weighted by molar-refractivity contribution is -0.133. The number of nitrogens with two attached hydrogens (primary N) is 1. The summed E-state index contributed by atoms with van der Waals surface area (Å²) >= 11 is 0. The molecule has 2 unspecified atom stereocenters. The number of benzene rings is 1. The van der Waals surface area contributed by atoms with Gasteiger partial charge in [0.25, 0.3) is 5.91 Å². The molecule has 0 bridgehead atoms. The standard InChI is InChI=1S/C20H31N3O3/c1-3-26-18-10-5-4-9-17(18)20(25)22-12-6-11-19(24)23-13-7-8-16(14-23)15(2)21/h4-5,9-10,15-16H,3,6-8,11-14,21H2,1-2H3,(H,22,25). The van der Waals surface area contributed by atoms with Gasteiger partial charge in [-0.1, -0.05) is 12.1 Å². The normalized spacial score (nSPS) is 18.3. The lowest BCUT2D eigenvalue weighted by Gasteiger charge is -2.34. The van der Waals surface area contributed by atoms with Crippen LogP contribution < -0.4 is 15.8 Å². The average Bonchev–Trinajstić information content (AvgIpc) is 2.65. The Morgan fingerprint density at radius 1 is 1.38 bits per heavy atom. The Hall–Kier alpha value is -2.08. The molecule has 144 valence electrons. The Labute approximate surface area is 156 Å². The van der Waals surface area contributed by atoms with E-state index in [4.69, 9.17) is 10.5 Å². The quantitative estimate of drug-likeness (QED) is 0.695. The number of ether oxygens (including phenoxy) is 1. The first-order valence-electron chi connectivity index (χ1n) is 9.56. The summed E-state index contributed by atoms with van der Waals surface area (Å²) in [6.07, 6.45) is 3.18. The monoisotopic (exact) mass is 361 g/mol. The van der Waals surface area contributed by atoms with Crippen LogP contribution in [-0.4, -0.2) is 49.0 Å². The van der Waals surface area contributed by atoms with E-state index in [1.54, 1.807) is 12.1 Å². The Bertz CT molecular complexity index is 604. The van der Waals surface area contributed by atoms with E-state index in [1.165, 1.54) is 0 Å². The minimum Gasteiger partial charge on any atom is -0.493 e. The van der Waals surface area contributed by atoms with E-state index < -0.39 is 0 Å². The molecule has 6 heteroatoms. The summed E-state index contributed by atoms with van der Waals surface area (Å²) < 4.78 is 5.48. The molecule has 1 saturated heterocycles. The number of nitrogens with zero attached hydrogens (tertiary/aromatic N) is 1. The van der Waals surface area contributed by atoms with Crippen molar-refractivity contribution < 1.29 is 14.3 Å². The van der Waals surface area contributed by atoms with Gasteiger partial charge in [-0.25, -0.2) is 0 Å². The molecule has 1 aliphatic rings. The first kappa shape index (κ1) is 20.2. The highest BCUT2D eigenvalue weighted by Crippen LogP contribution is 2.20. The Balaban J connectivity index is 1.74. The lowest BCUT2D eigenvalue weighted by Crippen LogP contribution is -2.45. The van der Waals surface area contributed by atoms with Crippen molar-refractivity contribution in [3.8, 4) is 5.75 Å². The van der Waals surface area contributed by atoms with E-state index in [0.717, 1.165) is 25.9 Å². The largest absolute Gasteiger partial charge is 0.493 e. The van der Waals surface area contributed by atoms with Crippen LogP contribution in [0, 0.1) is 5.92 Å². The van der Waals surface area contributed by atoms with Crippen molar-refractivity contribution in [2.75, 3.05) is 26.2 Å². The van der Waals surface area contributed by atoms with Gasteiger partial charge in [0.2, 0.25) is 5.91 Å². The van der Waals surface area contributed by atoms with Gasteiger partial charge in [0.1, 0.15) is 5.75 Å². The minimum atomic E-state index is -0.170. The van der Waals surface area contributed by atoms with Crippen LogP contribution in [0.15, 0.2) is 24.3 Å². The maximum atomic E-state index is 12.4. The minimum absolute atomic E-state index is 0.121. The van der Waals surface area contributed by atoms with Crippen LogP contribution in [0.3, 0.4) is 0 Å². The van der Waals surface area contributed by atoms with Gasteiger partial charge in [0.05, 0.1) is 12.2 Å². The Morgan fingerprint density at radius 2 is 2.15 bits per heavy atom. The smallest absolute Gasteiger partial charge is 0.255 e. The number of para-hydroxylation sites is 1. The molecular weight excluding hydrogens is 330 g/mol. The highest BCUT2D eigenvalue weighted by Gasteiger charge is 2.25. The molecule has 0 spiro atoms. The topological polar surface area (TPSA) is 84.7 Å². The molecule has 1 aromatic rings. The first-order chi connectivity index (χ1) is 12.5. The van der Waals surface area contributed by atoms with Crippen molar-refractivity contribution in [2.24, 2.45) is 11.7 Å². The average molecular weight is 361 g/mol. The molecule has 1 heterocycles. The van der Waals surface area contributed by atoms with Gasteiger partial charge in [-0.2, -0.15) is 0 Å². The predicted molar refractivity (Wildman–Crippen MR) is 102 cm³/mol. The molecule has 0 radical (unpaired) electrons. The van der Waals surface area contributed by atoms with Crippen molar-refractivity contribution in [3.05, 3.63) is 29.8 Å². The SMILES string of the molecule is CCOc1ccccc1C(=O)NCCCC(=O)N1CCCC(C(C)N)C1. The summed E-state index contributed by atoms with van der Waals surface area (Å²) in [5.74, 6) is 0.956. The second-order valence-corrected chi connectivity index (χ2v) is 6.89. The van der Waals surface area contributed by atoms with Crippen molar-refractivity contribution in [3.63, 3.8) is 0 Å². The molecule has 3 N–H and O–H groups in total. The van der Waals surface area contributed by atoms with Gasteiger partial charge in [0.15, 0.2) is 0 Å². The van der Waals surface area contributed by atoms with Crippen molar-refractivity contribution >= 4 is 11.8 Å². The number of hydrogen-bond acceptors (Lipinski definition) is 4.